The van der Waals surface area contributed by atoms with Gasteiger partial charge < -0.3 is 5.32 Å². The van der Waals surface area contributed by atoms with Crippen LogP contribution in [-0.2, 0) is 5.41 Å². The summed E-state index contributed by atoms with van der Waals surface area (Å²) >= 11 is 0. The number of aryl methyl sites for hydroxylation is 1. The first-order valence-electron chi connectivity index (χ1n) is 5.27. The molecule has 0 heterocycles. The van der Waals surface area contributed by atoms with Gasteiger partial charge in [-0.05, 0) is 12.5 Å². The maximum absolute atomic E-state index is 5.20. The molecule has 3 nitrogen and oxygen atoms in total. The van der Waals surface area contributed by atoms with E-state index in [1.165, 1.54) is 11.1 Å². The van der Waals surface area contributed by atoms with E-state index in [4.69, 9.17) is 5.84 Å². The van der Waals surface area contributed by atoms with Crippen LogP contribution in [0.2, 0.25) is 0 Å². The SMILES string of the molecule is Cc1ccc(C(C)(C)CNCNN)cc1. The molecule has 15 heavy (non-hydrogen) atoms. The minimum absolute atomic E-state index is 0.130. The summed E-state index contributed by atoms with van der Waals surface area (Å²) in [7, 11) is 0. The highest BCUT2D eigenvalue weighted by Gasteiger charge is 2.19. The molecule has 0 unspecified atom stereocenters. The smallest absolute Gasteiger partial charge is 0.0587 e. The van der Waals surface area contributed by atoms with E-state index in [9.17, 15) is 0 Å². The van der Waals surface area contributed by atoms with Crippen molar-refractivity contribution in [3.63, 3.8) is 0 Å². The van der Waals surface area contributed by atoms with Crippen molar-refractivity contribution < 1.29 is 0 Å². The third-order valence-electron chi connectivity index (χ3n) is 2.63. The molecule has 0 aliphatic heterocycles. The van der Waals surface area contributed by atoms with Crippen molar-refractivity contribution in [3.8, 4) is 0 Å². The third-order valence-corrected chi connectivity index (χ3v) is 2.63. The van der Waals surface area contributed by atoms with Crippen LogP contribution >= 0.6 is 0 Å². The van der Waals surface area contributed by atoms with Crippen molar-refractivity contribution >= 4 is 0 Å². The lowest BCUT2D eigenvalue weighted by atomic mass is 9.84. The van der Waals surface area contributed by atoms with Crippen molar-refractivity contribution in [2.24, 2.45) is 5.84 Å². The molecule has 3 heteroatoms. The first-order valence-corrected chi connectivity index (χ1v) is 5.27. The number of nitrogens with two attached hydrogens (primary N) is 1. The molecule has 0 aromatic heterocycles. The molecule has 0 atom stereocenters. The minimum atomic E-state index is 0.130. The maximum atomic E-state index is 5.20. The van der Waals surface area contributed by atoms with Crippen LogP contribution < -0.4 is 16.6 Å². The van der Waals surface area contributed by atoms with Crippen LogP contribution in [0.4, 0.5) is 0 Å². The van der Waals surface area contributed by atoms with Gasteiger partial charge in [-0.1, -0.05) is 43.7 Å². The van der Waals surface area contributed by atoms with Crippen molar-refractivity contribution in [2.75, 3.05) is 13.2 Å². The van der Waals surface area contributed by atoms with E-state index in [-0.39, 0.29) is 5.41 Å². The second-order valence-corrected chi connectivity index (χ2v) is 4.56. The summed E-state index contributed by atoms with van der Waals surface area (Å²) in [6, 6.07) is 8.68. The monoisotopic (exact) mass is 207 g/mol. The molecule has 0 spiro atoms. The first-order chi connectivity index (χ1) is 7.06. The van der Waals surface area contributed by atoms with Gasteiger partial charge in [0, 0.05) is 12.0 Å². The fraction of sp³-hybridized carbons (Fsp3) is 0.500. The highest BCUT2D eigenvalue weighted by atomic mass is 15.3. The van der Waals surface area contributed by atoms with Crippen LogP contribution in [0.1, 0.15) is 25.0 Å². The molecule has 0 saturated heterocycles. The van der Waals surface area contributed by atoms with Crippen molar-refractivity contribution in [2.45, 2.75) is 26.2 Å². The Balaban J connectivity index is 2.63. The van der Waals surface area contributed by atoms with Crippen LogP contribution in [-0.4, -0.2) is 13.2 Å². The van der Waals surface area contributed by atoms with Gasteiger partial charge in [-0.15, -0.1) is 0 Å². The molecular weight excluding hydrogens is 186 g/mol. The molecule has 0 saturated carbocycles. The molecule has 0 fully saturated rings. The van der Waals surface area contributed by atoms with E-state index in [1.807, 2.05) is 0 Å². The molecule has 0 aliphatic carbocycles. The van der Waals surface area contributed by atoms with Crippen LogP contribution in [0.25, 0.3) is 0 Å². The highest BCUT2D eigenvalue weighted by molar-refractivity contribution is 5.27. The second kappa shape index (κ2) is 5.26. The van der Waals surface area contributed by atoms with E-state index in [0.29, 0.717) is 6.67 Å². The lowest BCUT2D eigenvalue weighted by Gasteiger charge is -2.25. The Bertz CT molecular complexity index is 290. The van der Waals surface area contributed by atoms with Crippen molar-refractivity contribution in [1.82, 2.24) is 10.7 Å². The molecule has 1 aromatic carbocycles. The lowest BCUT2D eigenvalue weighted by Crippen LogP contribution is -2.40. The molecular formula is C12H21N3. The molecule has 0 radical (unpaired) electrons. The molecule has 4 N–H and O–H groups in total. The number of rotatable bonds is 5. The van der Waals surface area contributed by atoms with E-state index < -0.39 is 0 Å². The Morgan fingerprint density at radius 1 is 1.20 bits per heavy atom. The lowest BCUT2D eigenvalue weighted by molar-refractivity contribution is 0.454. The topological polar surface area (TPSA) is 50.1 Å². The largest absolute Gasteiger partial charge is 0.303 e. The number of hydrogen-bond donors (Lipinski definition) is 3. The number of hydrogen-bond acceptors (Lipinski definition) is 3. The summed E-state index contributed by atoms with van der Waals surface area (Å²) in [6.07, 6.45) is 0. The van der Waals surface area contributed by atoms with Gasteiger partial charge in [0.1, 0.15) is 0 Å². The normalized spacial score (nSPS) is 11.7. The average Bonchev–Trinajstić information content (AvgIpc) is 2.18. The summed E-state index contributed by atoms with van der Waals surface area (Å²) < 4.78 is 0. The fourth-order valence-electron chi connectivity index (χ4n) is 1.55. The van der Waals surface area contributed by atoms with Gasteiger partial charge in [0.15, 0.2) is 0 Å². The van der Waals surface area contributed by atoms with Crippen molar-refractivity contribution in [1.29, 1.82) is 0 Å². The molecule has 1 rings (SSSR count). The number of hydrazine groups is 1. The molecule has 1 aromatic rings. The summed E-state index contributed by atoms with van der Waals surface area (Å²) in [5, 5.41) is 3.25. The standard InChI is InChI=1S/C12H21N3/c1-10-4-6-11(7-5-10)12(2,3)8-14-9-15-13/h4-7,14-15H,8-9,13H2,1-3H3. The zero-order valence-electron chi connectivity index (χ0n) is 9.80. The molecule has 0 aliphatic rings. The van der Waals surface area contributed by atoms with Crippen LogP contribution in [0.5, 0.6) is 0 Å². The van der Waals surface area contributed by atoms with Gasteiger partial charge >= 0.3 is 0 Å². The Morgan fingerprint density at radius 2 is 1.80 bits per heavy atom. The Hall–Kier alpha value is -0.900. The zero-order valence-corrected chi connectivity index (χ0v) is 9.80. The summed E-state index contributed by atoms with van der Waals surface area (Å²) in [4.78, 5) is 0. The van der Waals surface area contributed by atoms with Crippen LogP contribution in [0.3, 0.4) is 0 Å². The van der Waals surface area contributed by atoms with E-state index in [1.54, 1.807) is 0 Å². The second-order valence-electron chi connectivity index (χ2n) is 4.56. The Kier molecular flexibility index (Phi) is 4.27. The number of benzene rings is 1. The summed E-state index contributed by atoms with van der Waals surface area (Å²) in [5.41, 5.74) is 5.36. The molecule has 0 amide bonds. The first kappa shape index (κ1) is 12.2. The number of nitrogens with one attached hydrogen (secondary N) is 2. The summed E-state index contributed by atoms with van der Waals surface area (Å²) in [6.45, 7) is 8.09. The average molecular weight is 207 g/mol. The van der Waals surface area contributed by atoms with E-state index >= 15 is 0 Å². The zero-order chi connectivity index (χ0) is 11.3. The molecule has 0 bridgehead atoms. The Labute approximate surface area is 92.0 Å². The fourth-order valence-corrected chi connectivity index (χ4v) is 1.55. The predicted octanol–water partition coefficient (Wildman–Crippen LogP) is 1.28. The van der Waals surface area contributed by atoms with Gasteiger partial charge in [-0.3, -0.25) is 5.84 Å². The van der Waals surface area contributed by atoms with Crippen molar-refractivity contribution in [3.05, 3.63) is 35.4 Å². The van der Waals surface area contributed by atoms with Crippen LogP contribution in [0, 0.1) is 6.92 Å². The quantitative estimate of drug-likeness (QED) is 0.295. The molecule has 84 valence electrons. The van der Waals surface area contributed by atoms with E-state index in [0.717, 1.165) is 6.54 Å². The highest BCUT2D eigenvalue weighted by Crippen LogP contribution is 2.22. The predicted molar refractivity (Wildman–Crippen MR) is 64.4 cm³/mol. The summed E-state index contributed by atoms with van der Waals surface area (Å²) in [5.74, 6) is 5.20. The van der Waals surface area contributed by atoms with E-state index in [2.05, 4.69) is 55.8 Å². The van der Waals surface area contributed by atoms with Gasteiger partial charge in [-0.2, -0.15) is 0 Å². The Morgan fingerprint density at radius 3 is 2.33 bits per heavy atom. The van der Waals surface area contributed by atoms with Gasteiger partial charge in [-0.25, -0.2) is 5.43 Å². The van der Waals surface area contributed by atoms with Crippen LogP contribution in [0.15, 0.2) is 24.3 Å². The maximum Gasteiger partial charge on any atom is 0.0587 e. The van der Waals surface area contributed by atoms with Gasteiger partial charge in [0.05, 0.1) is 6.67 Å². The third kappa shape index (κ3) is 3.63. The minimum Gasteiger partial charge on any atom is -0.303 e. The van der Waals surface area contributed by atoms with Gasteiger partial charge in [0.2, 0.25) is 0 Å². The van der Waals surface area contributed by atoms with Gasteiger partial charge in [0.25, 0.3) is 0 Å².